The molecule has 204 valence electrons. The Morgan fingerprint density at radius 2 is 2.00 bits per heavy atom. The molecule has 2 atom stereocenters. The van der Waals surface area contributed by atoms with Gasteiger partial charge in [0.05, 0.1) is 34.1 Å². The van der Waals surface area contributed by atoms with Gasteiger partial charge in [-0.15, -0.1) is 0 Å². The Kier molecular flexibility index (Phi) is 6.25. The molecular formula is C28H28ClFN4O5. The summed E-state index contributed by atoms with van der Waals surface area (Å²) in [5.41, 5.74) is 6.00. The largest absolute Gasteiger partial charge is 0.436 e. The van der Waals surface area contributed by atoms with E-state index in [4.69, 9.17) is 22.1 Å². The summed E-state index contributed by atoms with van der Waals surface area (Å²) in [5, 5.41) is 2.41. The molecule has 2 aromatic carbocycles. The zero-order valence-electron chi connectivity index (χ0n) is 21.2. The molecule has 2 fully saturated rings. The number of primary amides is 1. The van der Waals surface area contributed by atoms with Gasteiger partial charge in [0.2, 0.25) is 11.8 Å². The van der Waals surface area contributed by atoms with Crippen molar-refractivity contribution in [3.63, 3.8) is 0 Å². The van der Waals surface area contributed by atoms with E-state index >= 15 is 4.39 Å². The van der Waals surface area contributed by atoms with Gasteiger partial charge in [0, 0.05) is 13.0 Å². The monoisotopic (exact) mass is 554 g/mol. The molecule has 3 aliphatic heterocycles. The maximum absolute atomic E-state index is 15.4. The number of halogens is 2. The summed E-state index contributed by atoms with van der Waals surface area (Å²) in [5.74, 6) is -1.69. The Morgan fingerprint density at radius 1 is 1.21 bits per heavy atom. The van der Waals surface area contributed by atoms with Crippen molar-refractivity contribution in [1.29, 1.82) is 0 Å². The van der Waals surface area contributed by atoms with E-state index in [1.54, 1.807) is 17.0 Å². The molecule has 2 aromatic rings. The Morgan fingerprint density at radius 3 is 2.74 bits per heavy atom. The number of likely N-dealkylation sites (tertiary alicyclic amines) is 1. The molecule has 1 aliphatic carbocycles. The van der Waals surface area contributed by atoms with E-state index in [9.17, 15) is 19.2 Å². The second kappa shape index (κ2) is 9.51. The number of rotatable bonds is 5. The maximum Gasteiger partial charge on any atom is 0.412 e. The first-order valence-electron chi connectivity index (χ1n) is 13.2. The normalized spacial score (nSPS) is 23.0. The van der Waals surface area contributed by atoms with Crippen LogP contribution < -0.4 is 16.0 Å². The number of hydrogen-bond donors (Lipinski definition) is 2. The molecule has 3 heterocycles. The minimum atomic E-state index is -1.42. The number of nitrogens with zero attached hydrogens (tertiary/aromatic N) is 2. The number of benzene rings is 2. The fourth-order valence-electron chi connectivity index (χ4n) is 6.25. The Bertz CT molecular complexity index is 1410. The van der Waals surface area contributed by atoms with Crippen LogP contribution in [0.3, 0.4) is 0 Å². The van der Waals surface area contributed by atoms with E-state index in [0.717, 1.165) is 18.4 Å². The number of amides is 4. The van der Waals surface area contributed by atoms with Gasteiger partial charge in [-0.2, -0.15) is 0 Å². The Labute approximate surface area is 229 Å². The summed E-state index contributed by atoms with van der Waals surface area (Å²) in [6.07, 6.45) is 2.98. The zero-order valence-corrected chi connectivity index (χ0v) is 21.9. The molecule has 6 rings (SSSR count). The first-order chi connectivity index (χ1) is 18.7. The first-order valence-corrected chi connectivity index (χ1v) is 13.6. The molecule has 3 N–H and O–H groups in total. The van der Waals surface area contributed by atoms with Crippen LogP contribution in [-0.4, -0.2) is 47.8 Å². The number of carbonyl (C=O) groups is 4. The number of ether oxygens (including phenoxy) is 1. The van der Waals surface area contributed by atoms with E-state index in [1.165, 1.54) is 17.0 Å². The van der Waals surface area contributed by atoms with Crippen molar-refractivity contribution in [3.8, 4) is 0 Å². The average molecular weight is 555 g/mol. The van der Waals surface area contributed by atoms with Gasteiger partial charge in [-0.25, -0.2) is 9.18 Å². The highest BCUT2D eigenvalue weighted by molar-refractivity contribution is 6.31. The van der Waals surface area contributed by atoms with Crippen LogP contribution in [0.5, 0.6) is 0 Å². The first kappa shape index (κ1) is 25.6. The lowest BCUT2D eigenvalue weighted by molar-refractivity contribution is -0.142. The van der Waals surface area contributed by atoms with Gasteiger partial charge in [-0.05, 0) is 55.4 Å². The van der Waals surface area contributed by atoms with Crippen LogP contribution in [-0.2, 0) is 26.3 Å². The number of hydrogen-bond acceptors (Lipinski definition) is 5. The summed E-state index contributed by atoms with van der Waals surface area (Å²) in [7, 11) is 0. The molecule has 1 saturated carbocycles. The molecule has 4 amide bonds. The third-order valence-corrected chi connectivity index (χ3v) is 8.49. The van der Waals surface area contributed by atoms with Crippen molar-refractivity contribution in [1.82, 2.24) is 4.90 Å². The van der Waals surface area contributed by atoms with Crippen LogP contribution in [0.1, 0.15) is 60.0 Å². The molecule has 9 nitrogen and oxygen atoms in total. The zero-order chi connectivity index (χ0) is 27.5. The van der Waals surface area contributed by atoms with Crippen molar-refractivity contribution in [3.05, 3.63) is 57.9 Å². The van der Waals surface area contributed by atoms with Crippen molar-refractivity contribution in [2.75, 3.05) is 23.3 Å². The number of aryl methyl sites for hydroxylation is 1. The van der Waals surface area contributed by atoms with Gasteiger partial charge in [0.1, 0.15) is 6.04 Å². The van der Waals surface area contributed by atoms with Crippen molar-refractivity contribution >= 4 is 46.8 Å². The van der Waals surface area contributed by atoms with Crippen molar-refractivity contribution < 1.29 is 28.3 Å². The Balaban J connectivity index is 1.39. The lowest BCUT2D eigenvalue weighted by Crippen LogP contribution is -2.59. The fourth-order valence-corrected chi connectivity index (χ4v) is 6.41. The predicted molar refractivity (Wildman–Crippen MR) is 141 cm³/mol. The predicted octanol–water partition coefficient (Wildman–Crippen LogP) is 4.11. The summed E-state index contributed by atoms with van der Waals surface area (Å²) in [4.78, 5) is 55.6. The van der Waals surface area contributed by atoms with Crippen LogP contribution in [0.25, 0.3) is 0 Å². The lowest BCUT2D eigenvalue weighted by Gasteiger charge is -2.47. The molecule has 0 radical (unpaired) electrons. The molecule has 0 bridgehead atoms. The van der Waals surface area contributed by atoms with E-state index in [-0.39, 0.29) is 52.5 Å². The molecule has 39 heavy (non-hydrogen) atoms. The molecule has 4 aliphatic rings. The van der Waals surface area contributed by atoms with Gasteiger partial charge in [0.25, 0.3) is 5.91 Å². The summed E-state index contributed by atoms with van der Waals surface area (Å²) in [6, 6.07) is 7.14. The molecule has 0 unspecified atom stereocenters. The van der Waals surface area contributed by atoms with Crippen LogP contribution in [0.4, 0.5) is 20.6 Å². The van der Waals surface area contributed by atoms with E-state index in [2.05, 4.69) is 5.32 Å². The fraction of sp³-hybridized carbons (Fsp3) is 0.429. The topological polar surface area (TPSA) is 122 Å². The van der Waals surface area contributed by atoms with Crippen LogP contribution in [0.15, 0.2) is 30.3 Å². The Hall–Kier alpha value is -3.66. The number of nitrogens with one attached hydrogen (secondary N) is 1. The van der Waals surface area contributed by atoms with Gasteiger partial charge in [-0.1, -0.05) is 36.6 Å². The number of anilines is 2. The maximum atomic E-state index is 15.4. The molecule has 1 spiro atoms. The van der Waals surface area contributed by atoms with Crippen molar-refractivity contribution in [2.45, 2.75) is 56.6 Å². The average Bonchev–Trinajstić information content (AvgIpc) is 3.73. The quantitative estimate of drug-likeness (QED) is 0.576. The summed E-state index contributed by atoms with van der Waals surface area (Å²) in [6.45, 7) is 0.258. The minimum absolute atomic E-state index is 0.0863. The highest BCUT2D eigenvalue weighted by Gasteiger charge is 2.50. The van der Waals surface area contributed by atoms with Crippen LogP contribution in [0, 0.1) is 11.7 Å². The standard InChI is InChI=1S/C28H28ClFN4O5/c29-18-8-9-19-22(23(18)30)28(39-27(38)32-19)11-2-12-33(14-28)26(37)20(13-15-5-6-15)34-21(35)10-7-16-3-1-4-17(24(16)34)25(31)36/h1,3-4,8-9,15,20H,2,5-7,10-14H2,(H2,31,36)(H,32,38)/t20-,28-/m0/s1. The van der Waals surface area contributed by atoms with Gasteiger partial charge < -0.3 is 15.4 Å². The smallest absolute Gasteiger partial charge is 0.412 e. The van der Waals surface area contributed by atoms with E-state index in [0.29, 0.717) is 37.9 Å². The molecule has 0 aromatic heterocycles. The number of carbonyl (C=O) groups excluding carboxylic acids is 4. The number of nitrogens with two attached hydrogens (primary N) is 1. The van der Waals surface area contributed by atoms with Gasteiger partial charge >= 0.3 is 6.09 Å². The highest BCUT2D eigenvalue weighted by atomic mass is 35.5. The summed E-state index contributed by atoms with van der Waals surface area (Å²) < 4.78 is 21.1. The lowest BCUT2D eigenvalue weighted by atomic mass is 9.82. The van der Waals surface area contributed by atoms with Crippen molar-refractivity contribution in [2.24, 2.45) is 11.7 Å². The molecule has 1 saturated heterocycles. The third kappa shape index (κ3) is 4.40. The van der Waals surface area contributed by atoms with E-state index < -0.39 is 29.5 Å². The SMILES string of the molecule is NC(=O)c1cccc2c1N([C@@H](CC1CC1)C(=O)N1CCC[C@@]3(C1)OC(=O)Nc1ccc(Cl)c(F)c13)C(=O)CC2. The van der Waals surface area contributed by atoms with Gasteiger partial charge in [0.15, 0.2) is 11.4 Å². The van der Waals surface area contributed by atoms with Crippen LogP contribution in [0.2, 0.25) is 5.02 Å². The summed E-state index contributed by atoms with van der Waals surface area (Å²) >= 11 is 6.10. The number of fused-ring (bicyclic) bond motifs is 3. The third-order valence-electron chi connectivity index (χ3n) is 8.19. The highest BCUT2D eigenvalue weighted by Crippen LogP contribution is 2.46. The van der Waals surface area contributed by atoms with Crippen LogP contribution >= 0.6 is 11.6 Å². The molecular weight excluding hydrogens is 527 g/mol. The molecule has 11 heteroatoms. The second-order valence-corrected chi connectivity index (χ2v) is 11.2. The van der Waals surface area contributed by atoms with Gasteiger partial charge in [-0.3, -0.25) is 24.6 Å². The second-order valence-electron chi connectivity index (χ2n) is 10.8. The van der Waals surface area contributed by atoms with E-state index in [1.807, 2.05) is 6.07 Å². The number of para-hydroxylation sites is 1. The minimum Gasteiger partial charge on any atom is -0.436 e. The number of piperidine rings is 1.